The predicted molar refractivity (Wildman–Crippen MR) is 361 cm³/mol. The van der Waals surface area contributed by atoms with Crippen LogP contribution < -0.4 is 0 Å². The molecule has 0 rings (SSSR count). The van der Waals surface area contributed by atoms with Gasteiger partial charge in [0.15, 0.2) is 6.10 Å². The molecule has 0 saturated heterocycles. The zero-order chi connectivity index (χ0) is 59.9. The highest BCUT2D eigenvalue weighted by Crippen LogP contribution is 2.12. The second-order valence-electron chi connectivity index (χ2n) is 20.2. The van der Waals surface area contributed by atoms with Crippen molar-refractivity contribution in [2.24, 2.45) is 0 Å². The standard InChI is InChI=1S/C77H114O6/c1-4-7-10-13-16-19-22-25-28-31-34-36-38-40-43-46-49-52-55-58-61-64-67-70-76(79)82-73-74(72-81-75(78)69-66-63-60-57-54-51-48-45-42-33-30-27-24-21-18-15-12-9-6-3)83-77(80)71-68-65-62-59-56-53-50-47-44-41-39-37-35-32-29-26-23-20-17-14-11-8-5-2/h7-12,16-21,25-30,34-37,40-45,49-54,60,63,74H,4-6,13-15,22-24,31-33,38-39,46-48,55-59,61-62,64-73H2,1-3H3/b10-7-,11-8-,12-9-,19-16-,20-17-,21-18-,28-25-,29-26-,30-27-,36-34-,37-35-,43-40-,44-41-,45-42-,52-49-,53-50-,54-51-,63-60-. The highest BCUT2D eigenvalue weighted by atomic mass is 16.6. The van der Waals surface area contributed by atoms with Crippen LogP contribution in [0.5, 0.6) is 0 Å². The Kier molecular flexibility index (Phi) is 63.1. The molecule has 0 aromatic rings. The summed E-state index contributed by atoms with van der Waals surface area (Å²) in [5.74, 6) is -1.09. The van der Waals surface area contributed by atoms with Crippen molar-refractivity contribution in [3.63, 3.8) is 0 Å². The molecule has 0 fully saturated rings. The van der Waals surface area contributed by atoms with Crippen LogP contribution >= 0.6 is 0 Å². The van der Waals surface area contributed by atoms with Crippen molar-refractivity contribution in [1.29, 1.82) is 0 Å². The molecule has 1 unspecified atom stereocenters. The minimum absolute atomic E-state index is 0.139. The lowest BCUT2D eigenvalue weighted by Crippen LogP contribution is -2.30. The minimum Gasteiger partial charge on any atom is -0.462 e. The summed E-state index contributed by atoms with van der Waals surface area (Å²) in [6, 6.07) is 0. The molecule has 6 nitrogen and oxygen atoms in total. The van der Waals surface area contributed by atoms with Gasteiger partial charge in [0.25, 0.3) is 0 Å². The van der Waals surface area contributed by atoms with E-state index in [9.17, 15) is 14.4 Å². The fourth-order valence-electron chi connectivity index (χ4n) is 7.77. The third kappa shape index (κ3) is 66.4. The van der Waals surface area contributed by atoms with Crippen LogP contribution in [0.1, 0.15) is 226 Å². The Morgan fingerprint density at radius 1 is 0.241 bits per heavy atom. The molecule has 0 aromatic heterocycles. The maximum atomic E-state index is 12.9. The number of allylic oxidation sites excluding steroid dienone is 36. The molecule has 6 heteroatoms. The lowest BCUT2D eigenvalue weighted by molar-refractivity contribution is -0.166. The topological polar surface area (TPSA) is 78.9 Å². The van der Waals surface area contributed by atoms with Crippen molar-refractivity contribution in [2.45, 2.75) is 232 Å². The van der Waals surface area contributed by atoms with Crippen LogP contribution in [-0.4, -0.2) is 37.2 Å². The van der Waals surface area contributed by atoms with E-state index in [1.165, 1.54) is 0 Å². The number of carbonyl (C=O) groups excluding carboxylic acids is 3. The van der Waals surface area contributed by atoms with Gasteiger partial charge in [0, 0.05) is 19.3 Å². The van der Waals surface area contributed by atoms with E-state index in [0.717, 1.165) is 173 Å². The summed E-state index contributed by atoms with van der Waals surface area (Å²) in [6.07, 6.45) is 107. The van der Waals surface area contributed by atoms with Crippen LogP contribution in [0.3, 0.4) is 0 Å². The van der Waals surface area contributed by atoms with Crippen molar-refractivity contribution in [3.8, 4) is 0 Å². The number of hydrogen-bond acceptors (Lipinski definition) is 6. The van der Waals surface area contributed by atoms with Gasteiger partial charge in [-0.25, -0.2) is 0 Å². The molecule has 0 amide bonds. The molecule has 0 bridgehead atoms. The number of esters is 3. The molecule has 0 N–H and O–H groups in total. The molecule has 1 atom stereocenters. The van der Waals surface area contributed by atoms with E-state index in [4.69, 9.17) is 14.2 Å². The van der Waals surface area contributed by atoms with Gasteiger partial charge in [-0.1, -0.05) is 265 Å². The first-order valence-electron chi connectivity index (χ1n) is 32.2. The van der Waals surface area contributed by atoms with Gasteiger partial charge < -0.3 is 14.2 Å². The fraction of sp³-hybridized carbons (Fsp3) is 0.494. The van der Waals surface area contributed by atoms with E-state index < -0.39 is 6.10 Å². The van der Waals surface area contributed by atoms with Gasteiger partial charge in [-0.15, -0.1) is 0 Å². The number of unbranched alkanes of at least 4 members (excludes halogenated alkanes) is 8. The predicted octanol–water partition coefficient (Wildman–Crippen LogP) is 22.5. The molecule has 0 aliphatic carbocycles. The molecule has 0 aromatic carbocycles. The third-order valence-electron chi connectivity index (χ3n) is 12.5. The Hall–Kier alpha value is -6.27. The number of rotatable bonds is 55. The summed E-state index contributed by atoms with van der Waals surface area (Å²) < 4.78 is 16.8. The molecule has 0 radical (unpaired) electrons. The van der Waals surface area contributed by atoms with Gasteiger partial charge in [-0.3, -0.25) is 14.4 Å². The van der Waals surface area contributed by atoms with Crippen LogP contribution in [0.4, 0.5) is 0 Å². The Balaban J connectivity index is 4.66. The SMILES string of the molecule is CC/C=C\C/C=C\C/C=C\C/C=C\C/C=C\C/C=C\CCCCCCC(=O)OCC(COC(=O)CC/C=C\C/C=C\C/C=C\C/C=C\C/C=C\C/C=C\CC)OC(=O)CCCCCC/C=C\C/C=C\C/C=C\C/C=C\C/C=C\C/C=C\CC. The van der Waals surface area contributed by atoms with Gasteiger partial charge in [0.2, 0.25) is 0 Å². The molecular formula is C77H114O6. The van der Waals surface area contributed by atoms with Crippen molar-refractivity contribution in [3.05, 3.63) is 219 Å². The molecule has 83 heavy (non-hydrogen) atoms. The molecule has 0 saturated carbocycles. The molecule has 0 aliphatic heterocycles. The first-order valence-corrected chi connectivity index (χ1v) is 32.2. The normalized spacial score (nSPS) is 13.6. The average molecular weight is 1140 g/mol. The van der Waals surface area contributed by atoms with Gasteiger partial charge >= 0.3 is 17.9 Å². The quantitative estimate of drug-likeness (QED) is 0.0261. The van der Waals surface area contributed by atoms with E-state index in [-0.39, 0.29) is 44.0 Å². The zero-order valence-electron chi connectivity index (χ0n) is 52.4. The van der Waals surface area contributed by atoms with Crippen molar-refractivity contribution in [2.75, 3.05) is 13.2 Å². The highest BCUT2D eigenvalue weighted by molar-refractivity contribution is 5.71. The summed E-state index contributed by atoms with van der Waals surface area (Å²) in [6.45, 7) is 6.17. The van der Waals surface area contributed by atoms with E-state index in [1.807, 2.05) is 12.2 Å². The zero-order valence-corrected chi connectivity index (χ0v) is 52.4. The van der Waals surface area contributed by atoms with Gasteiger partial charge in [0.1, 0.15) is 13.2 Å². The average Bonchev–Trinajstić information content (AvgIpc) is 3.49. The summed E-state index contributed by atoms with van der Waals surface area (Å²) in [7, 11) is 0. The Bertz CT molecular complexity index is 2080. The molecule has 0 spiro atoms. The monoisotopic (exact) mass is 1130 g/mol. The Morgan fingerprint density at radius 3 is 0.735 bits per heavy atom. The molecular weight excluding hydrogens is 1020 g/mol. The summed E-state index contributed by atoms with van der Waals surface area (Å²) in [5, 5.41) is 0. The first-order chi connectivity index (χ1) is 41.0. The largest absolute Gasteiger partial charge is 0.462 e. The van der Waals surface area contributed by atoms with Gasteiger partial charge in [-0.05, 0) is 161 Å². The van der Waals surface area contributed by atoms with Crippen molar-refractivity contribution in [1.82, 2.24) is 0 Å². The minimum atomic E-state index is -0.851. The highest BCUT2D eigenvalue weighted by Gasteiger charge is 2.19. The smallest absolute Gasteiger partial charge is 0.306 e. The second-order valence-corrected chi connectivity index (χ2v) is 20.2. The van der Waals surface area contributed by atoms with Crippen molar-refractivity contribution >= 4 is 17.9 Å². The number of carbonyl (C=O) groups is 3. The lowest BCUT2D eigenvalue weighted by Gasteiger charge is -2.18. The van der Waals surface area contributed by atoms with E-state index >= 15 is 0 Å². The van der Waals surface area contributed by atoms with Gasteiger partial charge in [0.05, 0.1) is 0 Å². The lowest BCUT2D eigenvalue weighted by atomic mass is 10.1. The Labute approximate surface area is 508 Å². The third-order valence-corrected chi connectivity index (χ3v) is 12.5. The molecule has 0 heterocycles. The molecule has 458 valence electrons. The number of hydrogen-bond donors (Lipinski definition) is 0. The second kappa shape index (κ2) is 68.2. The Morgan fingerprint density at radius 2 is 0.458 bits per heavy atom. The van der Waals surface area contributed by atoms with Crippen LogP contribution in [0, 0.1) is 0 Å². The fourth-order valence-corrected chi connectivity index (χ4v) is 7.77. The van der Waals surface area contributed by atoms with Crippen LogP contribution in [0.2, 0.25) is 0 Å². The first kappa shape index (κ1) is 76.7. The summed E-state index contributed by atoms with van der Waals surface area (Å²) >= 11 is 0. The van der Waals surface area contributed by atoms with E-state index in [1.54, 1.807) is 0 Å². The van der Waals surface area contributed by atoms with Crippen LogP contribution in [0.15, 0.2) is 219 Å². The number of ether oxygens (including phenoxy) is 3. The maximum absolute atomic E-state index is 12.9. The van der Waals surface area contributed by atoms with E-state index in [2.05, 4.69) is 227 Å². The van der Waals surface area contributed by atoms with Crippen LogP contribution in [0.25, 0.3) is 0 Å². The molecule has 0 aliphatic rings. The maximum Gasteiger partial charge on any atom is 0.306 e. The summed E-state index contributed by atoms with van der Waals surface area (Å²) in [4.78, 5) is 38.4. The van der Waals surface area contributed by atoms with E-state index in [0.29, 0.717) is 19.3 Å². The summed E-state index contributed by atoms with van der Waals surface area (Å²) in [5.41, 5.74) is 0. The van der Waals surface area contributed by atoms with Crippen LogP contribution in [-0.2, 0) is 28.6 Å². The van der Waals surface area contributed by atoms with Gasteiger partial charge in [-0.2, -0.15) is 0 Å². The van der Waals surface area contributed by atoms with Crippen molar-refractivity contribution < 1.29 is 28.6 Å².